The lowest BCUT2D eigenvalue weighted by molar-refractivity contribution is -0.282. The molecule has 1 saturated carbocycles. The Labute approximate surface area is 201 Å². The molecule has 10 heteroatoms. The third-order valence-corrected chi connectivity index (χ3v) is 8.78. The van der Waals surface area contributed by atoms with Crippen molar-refractivity contribution in [1.82, 2.24) is 4.90 Å². The smallest absolute Gasteiger partial charge is 0.392 e. The van der Waals surface area contributed by atoms with E-state index >= 15 is 0 Å². The van der Waals surface area contributed by atoms with Gasteiger partial charge in [0.25, 0.3) is 0 Å². The van der Waals surface area contributed by atoms with Gasteiger partial charge >= 0.3 is 6.18 Å². The molecule has 1 heterocycles. The maximum Gasteiger partial charge on any atom is 0.417 e. The summed E-state index contributed by atoms with van der Waals surface area (Å²) in [6.07, 6.45) is -2.25. The summed E-state index contributed by atoms with van der Waals surface area (Å²) in [4.78, 5) is 4.69. The zero-order valence-electron chi connectivity index (χ0n) is 20.4. The van der Waals surface area contributed by atoms with E-state index in [-0.39, 0.29) is 36.3 Å². The van der Waals surface area contributed by atoms with Crippen molar-refractivity contribution in [2.24, 2.45) is 11.8 Å². The van der Waals surface area contributed by atoms with E-state index in [0.717, 1.165) is 32.1 Å². The van der Waals surface area contributed by atoms with Crippen LogP contribution in [0.3, 0.4) is 0 Å². The van der Waals surface area contributed by atoms with Crippen molar-refractivity contribution in [3.05, 3.63) is 23.8 Å². The summed E-state index contributed by atoms with van der Waals surface area (Å²) in [6, 6.07) is 5.34. The van der Waals surface area contributed by atoms with Crippen LogP contribution < -0.4 is 4.90 Å². The second kappa shape index (κ2) is 10.3. The summed E-state index contributed by atoms with van der Waals surface area (Å²) in [6.45, 7) is 6.84. The van der Waals surface area contributed by atoms with Crippen molar-refractivity contribution in [3.8, 4) is 0 Å². The number of hydrogen-bond acceptors (Lipinski definition) is 6. The minimum atomic E-state index is -4.35. The standard InChI is InChI=1S/C24H37F3N2O4S/c1-17(2)21-15-28(20-6-5-19(16-30)22(13-20)34(4,31)32)11-12-29(21)14-18-7-9-23(33-3,10-8-18)24(25,26)27/h5-6,13,17-18,21,30H,7-12,14-16H2,1-4H3/t18-,21?,23-. The fraction of sp³-hybridized carbons (Fsp3) is 0.750. The molecular formula is C24H37F3N2O4S. The molecule has 1 saturated heterocycles. The fourth-order valence-electron chi connectivity index (χ4n) is 5.42. The SMILES string of the molecule is CO[C@]1(C(F)(F)F)CC[C@@H](CN2CCN(c3ccc(CO)c(S(C)(=O)=O)c3)CC2C(C)C)CC1. The predicted molar refractivity (Wildman–Crippen MR) is 126 cm³/mol. The molecule has 1 N–H and O–H groups in total. The molecule has 6 nitrogen and oxygen atoms in total. The summed E-state index contributed by atoms with van der Waals surface area (Å²) in [5.41, 5.74) is -0.832. The molecule has 1 aliphatic carbocycles. The normalized spacial score (nSPS) is 27.4. The highest BCUT2D eigenvalue weighted by molar-refractivity contribution is 7.90. The van der Waals surface area contributed by atoms with E-state index in [9.17, 15) is 26.7 Å². The molecule has 0 bridgehead atoms. The van der Waals surface area contributed by atoms with E-state index in [4.69, 9.17) is 4.74 Å². The first-order chi connectivity index (χ1) is 15.8. The molecule has 1 aromatic carbocycles. The van der Waals surface area contributed by atoms with Crippen LogP contribution in [0.2, 0.25) is 0 Å². The highest BCUT2D eigenvalue weighted by atomic mass is 32.2. The number of ether oxygens (including phenoxy) is 1. The fourth-order valence-corrected chi connectivity index (χ4v) is 6.36. The monoisotopic (exact) mass is 506 g/mol. The van der Waals surface area contributed by atoms with E-state index in [1.54, 1.807) is 12.1 Å². The Morgan fingerprint density at radius 3 is 2.35 bits per heavy atom. The number of aliphatic hydroxyl groups excluding tert-OH is 1. The zero-order valence-corrected chi connectivity index (χ0v) is 21.3. The first-order valence-electron chi connectivity index (χ1n) is 11.9. The van der Waals surface area contributed by atoms with Gasteiger partial charge in [-0.15, -0.1) is 0 Å². The van der Waals surface area contributed by atoms with Gasteiger partial charge in [0.15, 0.2) is 15.4 Å². The van der Waals surface area contributed by atoms with Gasteiger partial charge in [-0.25, -0.2) is 8.42 Å². The van der Waals surface area contributed by atoms with Crippen LogP contribution in [-0.2, 0) is 21.2 Å². The van der Waals surface area contributed by atoms with Crippen molar-refractivity contribution < 1.29 is 31.4 Å². The summed E-state index contributed by atoms with van der Waals surface area (Å²) in [7, 11) is -2.32. The van der Waals surface area contributed by atoms with Gasteiger partial charge in [0.05, 0.1) is 11.5 Å². The van der Waals surface area contributed by atoms with E-state index < -0.39 is 21.6 Å². The van der Waals surface area contributed by atoms with Crippen LogP contribution in [0.15, 0.2) is 23.1 Å². The van der Waals surface area contributed by atoms with Crippen molar-refractivity contribution in [2.75, 3.05) is 44.4 Å². The molecule has 2 aliphatic rings. The molecule has 0 spiro atoms. The van der Waals surface area contributed by atoms with Crippen molar-refractivity contribution in [1.29, 1.82) is 0 Å². The zero-order chi connectivity index (χ0) is 25.3. The van der Waals surface area contributed by atoms with Gasteiger partial charge in [-0.3, -0.25) is 4.90 Å². The van der Waals surface area contributed by atoms with Crippen molar-refractivity contribution in [2.45, 2.75) is 68.9 Å². The maximum absolute atomic E-state index is 13.5. The topological polar surface area (TPSA) is 70.1 Å². The molecule has 1 aliphatic heterocycles. The number of piperazine rings is 1. The van der Waals surface area contributed by atoms with Crippen LogP contribution >= 0.6 is 0 Å². The molecule has 1 atom stereocenters. The Balaban J connectivity index is 1.70. The third-order valence-electron chi connectivity index (χ3n) is 7.60. The largest absolute Gasteiger partial charge is 0.417 e. The van der Waals surface area contributed by atoms with Gasteiger partial charge in [-0.1, -0.05) is 19.9 Å². The van der Waals surface area contributed by atoms with Gasteiger partial charge in [0.2, 0.25) is 0 Å². The van der Waals surface area contributed by atoms with E-state index in [0.29, 0.717) is 37.4 Å². The number of hydrogen-bond donors (Lipinski definition) is 1. The number of benzene rings is 1. The number of anilines is 1. The van der Waals surface area contributed by atoms with Gasteiger partial charge in [0, 0.05) is 51.3 Å². The molecule has 1 unspecified atom stereocenters. The average molecular weight is 507 g/mol. The minimum Gasteiger partial charge on any atom is -0.392 e. The van der Waals surface area contributed by atoms with Crippen LogP contribution in [0.1, 0.15) is 45.1 Å². The summed E-state index contributed by atoms with van der Waals surface area (Å²) in [5.74, 6) is 0.518. The quantitative estimate of drug-likeness (QED) is 0.606. The van der Waals surface area contributed by atoms with Gasteiger partial charge in [0.1, 0.15) is 0 Å². The average Bonchev–Trinajstić information content (AvgIpc) is 2.78. The Morgan fingerprint density at radius 2 is 1.85 bits per heavy atom. The Hall–Kier alpha value is -1.36. The first-order valence-corrected chi connectivity index (χ1v) is 13.7. The third kappa shape index (κ3) is 5.71. The van der Waals surface area contributed by atoms with Crippen LogP contribution in [0.4, 0.5) is 18.9 Å². The lowest BCUT2D eigenvalue weighted by Crippen LogP contribution is -2.57. The highest BCUT2D eigenvalue weighted by Crippen LogP contribution is 2.45. The van der Waals surface area contributed by atoms with E-state index in [1.165, 1.54) is 0 Å². The van der Waals surface area contributed by atoms with E-state index in [2.05, 4.69) is 23.6 Å². The van der Waals surface area contributed by atoms with Gasteiger partial charge in [-0.2, -0.15) is 13.2 Å². The Morgan fingerprint density at radius 1 is 1.21 bits per heavy atom. The summed E-state index contributed by atoms with van der Waals surface area (Å²) in [5, 5.41) is 9.53. The van der Waals surface area contributed by atoms with Gasteiger partial charge < -0.3 is 14.7 Å². The minimum absolute atomic E-state index is 0.00451. The van der Waals surface area contributed by atoms with Crippen molar-refractivity contribution >= 4 is 15.5 Å². The van der Waals surface area contributed by atoms with Crippen LogP contribution in [0, 0.1) is 11.8 Å². The number of halogens is 3. The second-order valence-electron chi connectivity index (χ2n) is 10.1. The Bertz CT molecular complexity index is 944. The molecule has 1 aromatic rings. The Kier molecular flexibility index (Phi) is 8.27. The summed E-state index contributed by atoms with van der Waals surface area (Å²) < 4.78 is 69.9. The lowest BCUT2D eigenvalue weighted by Gasteiger charge is -2.47. The summed E-state index contributed by atoms with van der Waals surface area (Å²) >= 11 is 0. The molecule has 3 rings (SSSR count). The van der Waals surface area contributed by atoms with E-state index in [1.807, 2.05) is 6.07 Å². The maximum atomic E-state index is 13.5. The van der Waals surface area contributed by atoms with Gasteiger partial charge in [-0.05, 0) is 55.2 Å². The number of rotatable bonds is 7. The molecule has 194 valence electrons. The number of nitrogens with zero attached hydrogens (tertiary/aromatic N) is 2. The molecular weight excluding hydrogens is 469 g/mol. The lowest BCUT2D eigenvalue weighted by atomic mass is 9.77. The number of aliphatic hydroxyl groups is 1. The van der Waals surface area contributed by atoms with Crippen molar-refractivity contribution in [3.63, 3.8) is 0 Å². The number of sulfone groups is 1. The van der Waals surface area contributed by atoms with Crippen LogP contribution in [0.5, 0.6) is 0 Å². The number of alkyl halides is 3. The molecule has 0 aromatic heterocycles. The molecule has 34 heavy (non-hydrogen) atoms. The highest BCUT2D eigenvalue weighted by Gasteiger charge is 2.56. The molecule has 0 amide bonds. The second-order valence-corrected chi connectivity index (χ2v) is 12.1. The molecule has 2 fully saturated rings. The number of methoxy groups -OCH3 is 1. The predicted octanol–water partition coefficient (Wildman–Crippen LogP) is 3.87. The first kappa shape index (κ1) is 27.2. The van der Waals surface area contributed by atoms with Crippen LogP contribution in [0.25, 0.3) is 0 Å². The van der Waals surface area contributed by atoms with Crippen LogP contribution in [-0.4, -0.2) is 75.8 Å². The molecule has 0 radical (unpaired) electrons.